The van der Waals surface area contributed by atoms with Crippen LogP contribution < -0.4 is 5.32 Å². The van der Waals surface area contributed by atoms with Crippen LogP contribution in [0.1, 0.15) is 37.7 Å². The summed E-state index contributed by atoms with van der Waals surface area (Å²) >= 11 is 6.21. The second-order valence-electron chi connectivity index (χ2n) is 6.28. The Bertz CT molecular complexity index is 493. The minimum atomic E-state index is 0.283. The molecule has 0 unspecified atom stereocenters. The van der Waals surface area contributed by atoms with E-state index in [0.29, 0.717) is 12.0 Å². The number of carbonyl (C=O) groups excluding carboxylic acids is 1. The van der Waals surface area contributed by atoms with E-state index in [0.717, 1.165) is 50.3 Å². The summed E-state index contributed by atoms with van der Waals surface area (Å²) < 4.78 is 0. The van der Waals surface area contributed by atoms with Crippen molar-refractivity contribution in [1.29, 1.82) is 0 Å². The molecule has 2 aliphatic rings. The van der Waals surface area contributed by atoms with E-state index in [1.165, 1.54) is 12.0 Å². The Morgan fingerprint density at radius 3 is 2.52 bits per heavy atom. The Kier molecular flexibility index (Phi) is 4.81. The first-order valence-corrected chi connectivity index (χ1v) is 8.36. The number of halogens is 1. The topological polar surface area (TPSA) is 32.3 Å². The van der Waals surface area contributed by atoms with Crippen molar-refractivity contribution in [3.8, 4) is 0 Å². The summed E-state index contributed by atoms with van der Waals surface area (Å²) in [6.45, 7) is 2.96. The van der Waals surface area contributed by atoms with Crippen molar-refractivity contribution in [2.24, 2.45) is 5.92 Å². The quantitative estimate of drug-likeness (QED) is 0.926. The molecule has 0 spiro atoms. The molecule has 3 nitrogen and oxygen atoms in total. The summed E-state index contributed by atoms with van der Waals surface area (Å²) in [5.41, 5.74) is 1.19. The van der Waals surface area contributed by atoms with Gasteiger partial charge in [0, 0.05) is 36.6 Å². The summed E-state index contributed by atoms with van der Waals surface area (Å²) in [6.07, 6.45) is 5.47. The number of carbonyl (C=O) groups is 1. The third kappa shape index (κ3) is 3.78. The standard InChI is InChI=1S/C17H23ClN2O/c18-16-7-2-1-4-14(16)12-20-10-8-15(9-11-20)19-17(21)13-5-3-6-13/h1-2,4,7,13,15H,3,5-6,8-12H2,(H,19,21). The van der Waals surface area contributed by atoms with Crippen LogP contribution in [0.15, 0.2) is 24.3 Å². The first kappa shape index (κ1) is 14.9. The molecule has 2 fully saturated rings. The molecule has 1 aliphatic carbocycles. The summed E-state index contributed by atoms with van der Waals surface area (Å²) in [5, 5.41) is 4.07. The Morgan fingerprint density at radius 2 is 1.90 bits per heavy atom. The van der Waals surface area contributed by atoms with E-state index >= 15 is 0 Å². The Labute approximate surface area is 131 Å². The van der Waals surface area contributed by atoms with E-state index in [1.54, 1.807) is 0 Å². The van der Waals surface area contributed by atoms with Gasteiger partial charge in [-0.2, -0.15) is 0 Å². The normalized spacial score (nSPS) is 21.0. The third-order valence-corrected chi connectivity index (χ3v) is 5.13. The zero-order chi connectivity index (χ0) is 14.7. The highest BCUT2D eigenvalue weighted by Gasteiger charge is 2.28. The summed E-state index contributed by atoms with van der Waals surface area (Å²) in [5.74, 6) is 0.581. The maximum absolute atomic E-state index is 12.0. The van der Waals surface area contributed by atoms with Crippen molar-refractivity contribution < 1.29 is 4.79 Å². The fraction of sp³-hybridized carbons (Fsp3) is 0.588. The predicted molar refractivity (Wildman–Crippen MR) is 85.2 cm³/mol. The molecule has 1 aromatic rings. The average molecular weight is 307 g/mol. The molecule has 1 aliphatic heterocycles. The molecular formula is C17H23ClN2O. The van der Waals surface area contributed by atoms with Crippen molar-refractivity contribution >= 4 is 17.5 Å². The van der Waals surface area contributed by atoms with Gasteiger partial charge in [-0.1, -0.05) is 36.2 Å². The van der Waals surface area contributed by atoms with E-state index in [2.05, 4.69) is 16.3 Å². The lowest BCUT2D eigenvalue weighted by Crippen LogP contribution is -2.47. The third-order valence-electron chi connectivity index (χ3n) is 4.76. The number of hydrogen-bond acceptors (Lipinski definition) is 2. The van der Waals surface area contributed by atoms with Crippen LogP contribution in [0.2, 0.25) is 5.02 Å². The Balaban J connectivity index is 1.44. The number of amides is 1. The molecular weight excluding hydrogens is 284 g/mol. The van der Waals surface area contributed by atoms with Gasteiger partial charge in [-0.25, -0.2) is 0 Å². The Morgan fingerprint density at radius 1 is 1.19 bits per heavy atom. The first-order valence-electron chi connectivity index (χ1n) is 7.98. The first-order chi connectivity index (χ1) is 10.2. The van der Waals surface area contributed by atoms with E-state index in [9.17, 15) is 4.79 Å². The molecule has 3 rings (SSSR count). The van der Waals surface area contributed by atoms with Gasteiger partial charge in [0.15, 0.2) is 0 Å². The lowest BCUT2D eigenvalue weighted by atomic mass is 9.84. The molecule has 114 valence electrons. The van der Waals surface area contributed by atoms with E-state index in [-0.39, 0.29) is 5.91 Å². The molecule has 1 N–H and O–H groups in total. The average Bonchev–Trinajstić information content (AvgIpc) is 2.41. The van der Waals surface area contributed by atoms with Crippen LogP contribution in [-0.4, -0.2) is 29.9 Å². The molecule has 0 bridgehead atoms. The summed E-state index contributed by atoms with van der Waals surface area (Å²) in [7, 11) is 0. The van der Waals surface area contributed by atoms with Crippen molar-refractivity contribution in [3.05, 3.63) is 34.9 Å². The van der Waals surface area contributed by atoms with Gasteiger partial charge in [0.05, 0.1) is 0 Å². The molecule has 1 heterocycles. The molecule has 1 saturated carbocycles. The van der Waals surface area contributed by atoms with Gasteiger partial charge in [0.1, 0.15) is 0 Å². The second kappa shape index (κ2) is 6.80. The Hall–Kier alpha value is -1.06. The molecule has 0 radical (unpaired) electrons. The summed E-state index contributed by atoms with van der Waals surface area (Å²) in [6, 6.07) is 8.40. The van der Waals surface area contributed by atoms with Gasteiger partial charge >= 0.3 is 0 Å². The molecule has 1 amide bonds. The van der Waals surface area contributed by atoms with Gasteiger partial charge in [-0.05, 0) is 37.3 Å². The molecule has 21 heavy (non-hydrogen) atoms. The van der Waals surface area contributed by atoms with E-state index in [4.69, 9.17) is 11.6 Å². The lowest BCUT2D eigenvalue weighted by Gasteiger charge is -2.34. The van der Waals surface area contributed by atoms with Gasteiger partial charge in [0.2, 0.25) is 5.91 Å². The molecule has 0 aromatic heterocycles. The van der Waals surface area contributed by atoms with Crippen LogP contribution in [0.25, 0.3) is 0 Å². The SMILES string of the molecule is O=C(NC1CCN(Cc2ccccc2Cl)CC1)C1CCC1. The van der Waals surface area contributed by atoms with Crippen molar-refractivity contribution in [3.63, 3.8) is 0 Å². The van der Waals surface area contributed by atoms with Crippen LogP contribution in [-0.2, 0) is 11.3 Å². The van der Waals surface area contributed by atoms with E-state index < -0.39 is 0 Å². The number of piperidine rings is 1. The molecule has 1 saturated heterocycles. The molecule has 1 aromatic carbocycles. The van der Waals surface area contributed by atoms with Crippen LogP contribution in [0.3, 0.4) is 0 Å². The predicted octanol–water partition coefficient (Wildman–Crippen LogP) is 3.22. The largest absolute Gasteiger partial charge is 0.353 e. The zero-order valence-corrected chi connectivity index (χ0v) is 13.1. The van der Waals surface area contributed by atoms with Crippen molar-refractivity contribution in [2.75, 3.05) is 13.1 Å². The maximum atomic E-state index is 12.0. The van der Waals surface area contributed by atoms with Crippen LogP contribution in [0, 0.1) is 5.92 Å². The zero-order valence-electron chi connectivity index (χ0n) is 12.4. The fourth-order valence-corrected chi connectivity index (χ4v) is 3.29. The van der Waals surface area contributed by atoms with Gasteiger partial charge in [-0.3, -0.25) is 9.69 Å². The van der Waals surface area contributed by atoms with Crippen molar-refractivity contribution in [1.82, 2.24) is 10.2 Å². The lowest BCUT2D eigenvalue weighted by molar-refractivity contribution is -0.128. The minimum Gasteiger partial charge on any atom is -0.353 e. The number of nitrogens with zero attached hydrogens (tertiary/aromatic N) is 1. The van der Waals surface area contributed by atoms with Crippen LogP contribution in [0.5, 0.6) is 0 Å². The highest BCUT2D eigenvalue weighted by atomic mass is 35.5. The number of likely N-dealkylation sites (tertiary alicyclic amines) is 1. The van der Waals surface area contributed by atoms with Gasteiger partial charge in [-0.15, -0.1) is 0 Å². The van der Waals surface area contributed by atoms with E-state index in [1.807, 2.05) is 18.2 Å². The molecule has 4 heteroatoms. The van der Waals surface area contributed by atoms with Crippen LogP contribution in [0.4, 0.5) is 0 Å². The summed E-state index contributed by atoms with van der Waals surface area (Å²) in [4.78, 5) is 14.4. The van der Waals surface area contributed by atoms with Crippen molar-refractivity contribution in [2.45, 2.75) is 44.7 Å². The maximum Gasteiger partial charge on any atom is 0.223 e. The minimum absolute atomic E-state index is 0.283. The highest BCUT2D eigenvalue weighted by molar-refractivity contribution is 6.31. The van der Waals surface area contributed by atoms with Gasteiger partial charge in [0.25, 0.3) is 0 Å². The molecule has 0 atom stereocenters. The monoisotopic (exact) mass is 306 g/mol. The number of nitrogens with one attached hydrogen (secondary N) is 1. The second-order valence-corrected chi connectivity index (χ2v) is 6.69. The number of benzene rings is 1. The smallest absolute Gasteiger partial charge is 0.223 e. The highest BCUT2D eigenvalue weighted by Crippen LogP contribution is 2.27. The fourth-order valence-electron chi connectivity index (χ4n) is 3.09. The number of hydrogen-bond donors (Lipinski definition) is 1. The van der Waals surface area contributed by atoms with Crippen LogP contribution >= 0.6 is 11.6 Å². The van der Waals surface area contributed by atoms with Gasteiger partial charge < -0.3 is 5.32 Å². The number of rotatable bonds is 4.